The molecule has 0 aromatic heterocycles. The van der Waals surface area contributed by atoms with Crippen LogP contribution in [-0.4, -0.2) is 172 Å². The van der Waals surface area contributed by atoms with E-state index >= 15 is 0 Å². The van der Waals surface area contributed by atoms with Crippen molar-refractivity contribution < 1.29 is 64.2 Å². The van der Waals surface area contributed by atoms with Crippen molar-refractivity contribution in [2.75, 3.05) is 19.7 Å². The predicted octanol–water partition coefficient (Wildman–Crippen LogP) is -8.90. The van der Waals surface area contributed by atoms with Crippen LogP contribution in [0.25, 0.3) is 0 Å². The summed E-state index contributed by atoms with van der Waals surface area (Å²) >= 11 is 0. The summed E-state index contributed by atoms with van der Waals surface area (Å²) < 4.78 is 34.6. The molecule has 0 spiro atoms. The lowest BCUT2D eigenvalue weighted by atomic mass is 9.84. The third-order valence-corrected chi connectivity index (χ3v) is 8.37. The van der Waals surface area contributed by atoms with Gasteiger partial charge in [0.25, 0.3) is 0 Å². The molecule has 1 saturated carbocycles. The Balaban J connectivity index is 1.50. The summed E-state index contributed by atoms with van der Waals surface area (Å²) in [5, 5.41) is 73.0. The van der Waals surface area contributed by atoms with Crippen molar-refractivity contribution in [3.8, 4) is 0 Å². The third-order valence-electron chi connectivity index (χ3n) is 8.37. The van der Waals surface area contributed by atoms with E-state index in [2.05, 4.69) is 0 Å². The molecule has 42 heavy (non-hydrogen) atoms. The highest BCUT2D eigenvalue weighted by Crippen LogP contribution is 2.34. The van der Waals surface area contributed by atoms with Crippen molar-refractivity contribution in [1.29, 1.82) is 0 Å². The molecule has 246 valence electrons. The van der Waals surface area contributed by atoms with Crippen LogP contribution in [0.1, 0.15) is 6.42 Å². The van der Waals surface area contributed by atoms with Gasteiger partial charge in [0.15, 0.2) is 18.9 Å². The number of aliphatic hydroxyl groups excluding tert-OH is 7. The van der Waals surface area contributed by atoms with Crippen LogP contribution in [0.4, 0.5) is 0 Å². The first-order valence-corrected chi connectivity index (χ1v) is 13.9. The molecule has 4 fully saturated rings. The largest absolute Gasteiger partial charge is 0.394 e. The zero-order valence-corrected chi connectivity index (χ0v) is 22.8. The van der Waals surface area contributed by atoms with E-state index in [-0.39, 0.29) is 19.5 Å². The molecule has 19 N–H and O–H groups in total. The molecule has 19 nitrogen and oxygen atoms in total. The summed E-state index contributed by atoms with van der Waals surface area (Å²) in [6.07, 6.45) is -19.8. The number of hydrogen-bond donors (Lipinski definition) is 13. The van der Waals surface area contributed by atoms with Gasteiger partial charge in [-0.1, -0.05) is 0 Å². The fourth-order valence-corrected chi connectivity index (χ4v) is 5.74. The molecule has 0 aromatic carbocycles. The Morgan fingerprint density at radius 2 is 0.976 bits per heavy atom. The van der Waals surface area contributed by atoms with Gasteiger partial charge in [0.2, 0.25) is 0 Å². The van der Waals surface area contributed by atoms with E-state index in [0.717, 1.165) is 0 Å². The normalized spacial score (nSPS) is 53.8. The second-order valence-electron chi connectivity index (χ2n) is 11.2. The molecule has 0 aromatic rings. The van der Waals surface area contributed by atoms with Crippen LogP contribution in [0.2, 0.25) is 0 Å². The van der Waals surface area contributed by atoms with Gasteiger partial charge in [-0.2, -0.15) is 0 Å². The molecule has 1 aliphatic carbocycles. The summed E-state index contributed by atoms with van der Waals surface area (Å²) in [6.45, 7) is -0.967. The molecule has 0 amide bonds. The fourth-order valence-electron chi connectivity index (χ4n) is 5.74. The van der Waals surface area contributed by atoms with Crippen LogP contribution in [0.3, 0.4) is 0 Å². The molecule has 3 aliphatic heterocycles. The van der Waals surface area contributed by atoms with Gasteiger partial charge in [-0.15, -0.1) is 0 Å². The number of aliphatic hydroxyl groups is 7. The smallest absolute Gasteiger partial charge is 0.187 e. The second kappa shape index (κ2) is 14.1. The topological polar surface area (TPSA) is 353 Å². The summed E-state index contributed by atoms with van der Waals surface area (Å²) in [6, 6.07) is -4.18. The minimum atomic E-state index is -1.60. The number of ether oxygens (including phenoxy) is 6. The van der Waals surface area contributed by atoms with E-state index in [1.807, 2.05) is 0 Å². The van der Waals surface area contributed by atoms with Crippen LogP contribution < -0.4 is 34.4 Å². The van der Waals surface area contributed by atoms with Crippen molar-refractivity contribution in [3.63, 3.8) is 0 Å². The Hall–Kier alpha value is -0.760. The van der Waals surface area contributed by atoms with E-state index in [1.54, 1.807) is 0 Å². The minimum absolute atomic E-state index is 0.0889. The summed E-state index contributed by atoms with van der Waals surface area (Å²) in [5.41, 5.74) is 35.6. The second-order valence-corrected chi connectivity index (χ2v) is 11.2. The van der Waals surface area contributed by atoms with Crippen LogP contribution in [0.5, 0.6) is 0 Å². The van der Waals surface area contributed by atoms with Crippen LogP contribution in [0, 0.1) is 0 Å². The van der Waals surface area contributed by atoms with Crippen LogP contribution in [0.15, 0.2) is 0 Å². The van der Waals surface area contributed by atoms with Gasteiger partial charge in [0.05, 0.1) is 24.8 Å². The van der Waals surface area contributed by atoms with Crippen LogP contribution >= 0.6 is 0 Å². The van der Waals surface area contributed by atoms with E-state index in [9.17, 15) is 35.7 Å². The highest BCUT2D eigenvalue weighted by atomic mass is 16.8. The van der Waals surface area contributed by atoms with E-state index in [1.165, 1.54) is 0 Å². The lowest BCUT2D eigenvalue weighted by molar-refractivity contribution is -0.306. The summed E-state index contributed by atoms with van der Waals surface area (Å²) in [5.74, 6) is 0. The molecule has 0 bridgehead atoms. The first-order chi connectivity index (χ1) is 19.8. The molecular formula is C23H46N6O13. The molecule has 9 unspecified atom stereocenters. The number of nitrogens with two attached hydrogens (primary N) is 6. The number of hydrogen-bond acceptors (Lipinski definition) is 19. The molecular weight excluding hydrogens is 568 g/mol. The molecule has 3 saturated heterocycles. The standard InChI is InChI=1S/C23H46N6O13/c24-2-7-13(32)15(34)10(28)21(37-7)40-18-6(27)1-5(26)12(31)20(18)42-23-17(36)19(9(4-30)39-23)41-22-11(29)16(35)14(33)8(3-25)38-22/h5-23,30-36H,1-4,24-29H2/t5-,6?,7?,8?,9-,10?,11?,12?,13-,14-,15-,16?,17+,18-,19?,20-,21-,22?,23+/m1/s1. The lowest BCUT2D eigenvalue weighted by Gasteiger charge is -2.47. The highest BCUT2D eigenvalue weighted by Gasteiger charge is 2.54. The maximum absolute atomic E-state index is 11.1. The van der Waals surface area contributed by atoms with Gasteiger partial charge in [0, 0.05) is 25.2 Å². The Morgan fingerprint density at radius 3 is 1.45 bits per heavy atom. The first-order valence-electron chi connectivity index (χ1n) is 13.9. The molecule has 4 aliphatic rings. The zero-order valence-electron chi connectivity index (χ0n) is 22.8. The third kappa shape index (κ3) is 6.60. The molecule has 0 radical (unpaired) electrons. The van der Waals surface area contributed by atoms with Crippen molar-refractivity contribution in [1.82, 2.24) is 0 Å². The van der Waals surface area contributed by atoms with Crippen molar-refractivity contribution in [3.05, 3.63) is 0 Å². The average molecular weight is 615 g/mol. The molecule has 19 heteroatoms. The maximum atomic E-state index is 11.1. The molecule has 3 heterocycles. The fraction of sp³-hybridized carbons (Fsp3) is 1.00. The monoisotopic (exact) mass is 614 g/mol. The van der Waals surface area contributed by atoms with E-state index in [0.29, 0.717) is 0 Å². The van der Waals surface area contributed by atoms with Crippen molar-refractivity contribution in [2.24, 2.45) is 34.4 Å². The Labute approximate surface area is 241 Å². The van der Waals surface area contributed by atoms with Gasteiger partial charge in [0.1, 0.15) is 67.1 Å². The summed E-state index contributed by atoms with van der Waals surface area (Å²) in [4.78, 5) is 0. The summed E-state index contributed by atoms with van der Waals surface area (Å²) in [7, 11) is 0. The van der Waals surface area contributed by atoms with Gasteiger partial charge < -0.3 is 98.6 Å². The van der Waals surface area contributed by atoms with Gasteiger partial charge in [-0.25, -0.2) is 0 Å². The van der Waals surface area contributed by atoms with E-state index < -0.39 is 123 Å². The van der Waals surface area contributed by atoms with E-state index in [4.69, 9.17) is 62.8 Å². The molecule has 19 atom stereocenters. The SMILES string of the molecule is NCC1OC(OC2[C@@H](CO)O[C@@H](O[C@@H]3C(O)[C@H](N)CC(N)[C@H]3O[C@H]3OC(CN)[C@@H](O)[C@H](O)C3N)[C@H]2O)C(N)C(O)[C@@H]1O. The van der Waals surface area contributed by atoms with Crippen molar-refractivity contribution >= 4 is 0 Å². The molecule has 4 rings (SSSR count). The quantitative estimate of drug-likeness (QED) is 0.115. The average Bonchev–Trinajstić information content (AvgIpc) is 3.27. The first kappa shape index (κ1) is 34.1. The lowest BCUT2D eigenvalue weighted by Crippen LogP contribution is -2.68. The van der Waals surface area contributed by atoms with Crippen LogP contribution in [-0.2, 0) is 28.4 Å². The predicted molar refractivity (Wildman–Crippen MR) is 138 cm³/mol. The minimum Gasteiger partial charge on any atom is -0.394 e. The Kier molecular flexibility index (Phi) is 11.5. The van der Waals surface area contributed by atoms with Crippen molar-refractivity contribution in [2.45, 2.75) is 123 Å². The van der Waals surface area contributed by atoms with Gasteiger partial charge in [-0.05, 0) is 6.42 Å². The Morgan fingerprint density at radius 1 is 0.524 bits per heavy atom. The highest BCUT2D eigenvalue weighted by molar-refractivity contribution is 5.02. The maximum Gasteiger partial charge on any atom is 0.187 e. The zero-order chi connectivity index (χ0) is 31.0. The number of rotatable bonds is 9. The van der Waals surface area contributed by atoms with Gasteiger partial charge in [-0.3, -0.25) is 0 Å². The van der Waals surface area contributed by atoms with Gasteiger partial charge >= 0.3 is 0 Å². The Bertz CT molecular complexity index is 868.